The van der Waals surface area contributed by atoms with Gasteiger partial charge in [0.2, 0.25) is 0 Å². The van der Waals surface area contributed by atoms with Crippen LogP contribution >= 0.6 is 11.3 Å². The van der Waals surface area contributed by atoms with E-state index in [-0.39, 0.29) is 0 Å². The molecule has 1 fully saturated rings. The van der Waals surface area contributed by atoms with Crippen molar-refractivity contribution in [1.82, 2.24) is 9.88 Å². The van der Waals surface area contributed by atoms with Crippen molar-refractivity contribution >= 4 is 22.4 Å². The quantitative estimate of drug-likeness (QED) is 0.584. The number of ether oxygens (including phenoxy) is 1. The number of thiazole rings is 1. The average Bonchev–Trinajstić information content (AvgIpc) is 3.22. The summed E-state index contributed by atoms with van der Waals surface area (Å²) in [5.74, 6) is 2.10. The van der Waals surface area contributed by atoms with E-state index in [9.17, 15) is 0 Å². The maximum atomic E-state index is 6.19. The van der Waals surface area contributed by atoms with Gasteiger partial charge in [-0.15, -0.1) is 11.3 Å². The molecule has 6 nitrogen and oxygen atoms in total. The van der Waals surface area contributed by atoms with Gasteiger partial charge >= 0.3 is 0 Å². The molecule has 1 aromatic carbocycles. The summed E-state index contributed by atoms with van der Waals surface area (Å²) in [6.07, 6.45) is 2.73. The van der Waals surface area contributed by atoms with Crippen molar-refractivity contribution in [3.8, 4) is 5.75 Å². The summed E-state index contributed by atoms with van der Waals surface area (Å²) in [5.41, 5.74) is 7.44. The molecule has 2 heterocycles. The monoisotopic (exact) mass is 387 g/mol. The maximum Gasteiger partial charge on any atom is 0.191 e. The van der Waals surface area contributed by atoms with Crippen molar-refractivity contribution in [2.45, 2.75) is 20.3 Å². The highest BCUT2D eigenvalue weighted by Crippen LogP contribution is 2.18. The number of anilines is 1. The van der Waals surface area contributed by atoms with E-state index < -0.39 is 0 Å². The van der Waals surface area contributed by atoms with Gasteiger partial charge in [-0.2, -0.15) is 0 Å². The molecular formula is C20H29N5OS. The number of nitrogens with two attached hydrogens (primary N) is 1. The minimum atomic E-state index is 0.533. The van der Waals surface area contributed by atoms with Gasteiger partial charge in [-0.1, -0.05) is 26.0 Å². The molecule has 1 saturated heterocycles. The van der Waals surface area contributed by atoms with E-state index in [0.29, 0.717) is 18.4 Å². The number of piperazine rings is 1. The molecule has 2 N–H and O–H groups in total. The highest BCUT2D eigenvalue weighted by atomic mass is 32.1. The zero-order chi connectivity index (χ0) is 19.1. The van der Waals surface area contributed by atoms with Crippen molar-refractivity contribution in [3.63, 3.8) is 0 Å². The summed E-state index contributed by atoms with van der Waals surface area (Å²) < 4.78 is 5.72. The van der Waals surface area contributed by atoms with Crippen LogP contribution in [0.2, 0.25) is 0 Å². The number of hydrogen-bond acceptors (Lipinski definition) is 5. The van der Waals surface area contributed by atoms with E-state index in [1.54, 1.807) is 11.3 Å². The molecule has 0 amide bonds. The minimum absolute atomic E-state index is 0.533. The van der Waals surface area contributed by atoms with Gasteiger partial charge < -0.3 is 20.3 Å². The van der Waals surface area contributed by atoms with Gasteiger partial charge in [-0.05, 0) is 30.0 Å². The van der Waals surface area contributed by atoms with E-state index in [2.05, 4.69) is 45.8 Å². The summed E-state index contributed by atoms with van der Waals surface area (Å²) in [7, 11) is 0. The van der Waals surface area contributed by atoms with Crippen LogP contribution in [-0.2, 0) is 6.42 Å². The van der Waals surface area contributed by atoms with Gasteiger partial charge in [0.15, 0.2) is 11.1 Å². The number of aromatic nitrogens is 1. The summed E-state index contributed by atoms with van der Waals surface area (Å²) in [6, 6.07) is 8.27. The molecular weight excluding hydrogens is 358 g/mol. The second-order valence-electron chi connectivity index (χ2n) is 7.13. The number of benzene rings is 1. The van der Waals surface area contributed by atoms with Crippen LogP contribution in [0, 0.1) is 5.92 Å². The van der Waals surface area contributed by atoms with Gasteiger partial charge in [0.05, 0.1) is 6.61 Å². The molecule has 7 heteroatoms. The highest BCUT2D eigenvalue weighted by Gasteiger charge is 2.19. The summed E-state index contributed by atoms with van der Waals surface area (Å²) in [5, 5.41) is 3.10. The predicted molar refractivity (Wildman–Crippen MR) is 113 cm³/mol. The fourth-order valence-corrected chi connectivity index (χ4v) is 3.61. The van der Waals surface area contributed by atoms with Gasteiger partial charge in [-0.3, -0.25) is 4.99 Å². The first kappa shape index (κ1) is 19.5. The highest BCUT2D eigenvalue weighted by molar-refractivity contribution is 7.13. The Bertz CT molecular complexity index is 706. The Kier molecular flexibility index (Phi) is 6.92. The molecule has 0 radical (unpaired) electrons. The van der Waals surface area contributed by atoms with Crippen molar-refractivity contribution in [2.75, 3.05) is 44.2 Å². The number of guanidine groups is 1. The van der Waals surface area contributed by atoms with Crippen LogP contribution in [0.15, 0.2) is 40.8 Å². The third-order valence-corrected chi connectivity index (χ3v) is 5.31. The lowest BCUT2D eigenvalue weighted by Gasteiger charge is -2.35. The van der Waals surface area contributed by atoms with Crippen LogP contribution in [0.1, 0.15) is 19.4 Å². The van der Waals surface area contributed by atoms with E-state index >= 15 is 0 Å². The Morgan fingerprint density at radius 1 is 1.22 bits per heavy atom. The second-order valence-corrected chi connectivity index (χ2v) is 8.00. The summed E-state index contributed by atoms with van der Waals surface area (Å²) >= 11 is 1.68. The topological polar surface area (TPSA) is 67.0 Å². The van der Waals surface area contributed by atoms with Gasteiger partial charge in [0, 0.05) is 44.3 Å². The first-order valence-corrected chi connectivity index (χ1v) is 10.4. The zero-order valence-corrected chi connectivity index (χ0v) is 17.0. The molecule has 1 aliphatic rings. The fourth-order valence-electron chi connectivity index (χ4n) is 2.91. The molecule has 0 unspecified atom stereocenters. The molecule has 2 aromatic rings. The smallest absolute Gasteiger partial charge is 0.191 e. The number of rotatable bonds is 7. The van der Waals surface area contributed by atoms with Crippen LogP contribution in [0.5, 0.6) is 5.75 Å². The molecule has 146 valence electrons. The molecule has 0 bridgehead atoms. The van der Waals surface area contributed by atoms with Crippen molar-refractivity contribution in [2.24, 2.45) is 16.6 Å². The Hall–Kier alpha value is -2.28. The van der Waals surface area contributed by atoms with Crippen LogP contribution in [0.4, 0.5) is 5.13 Å². The van der Waals surface area contributed by atoms with Crippen LogP contribution in [-0.4, -0.2) is 55.2 Å². The molecule has 1 aliphatic heterocycles. The normalized spacial score (nSPS) is 15.4. The van der Waals surface area contributed by atoms with Crippen molar-refractivity contribution < 1.29 is 4.74 Å². The predicted octanol–water partition coefficient (Wildman–Crippen LogP) is 2.86. The third-order valence-electron chi connectivity index (χ3n) is 4.47. The lowest BCUT2D eigenvalue weighted by Crippen LogP contribution is -2.51. The number of nitrogens with zero attached hydrogens (tertiary/aromatic N) is 4. The van der Waals surface area contributed by atoms with Crippen molar-refractivity contribution in [3.05, 3.63) is 41.4 Å². The third kappa shape index (κ3) is 5.85. The lowest BCUT2D eigenvalue weighted by molar-refractivity contribution is 0.271. The molecule has 1 aromatic heterocycles. The molecule has 0 saturated carbocycles. The molecule has 3 rings (SSSR count). The van der Waals surface area contributed by atoms with E-state index in [0.717, 1.165) is 50.1 Å². The van der Waals surface area contributed by atoms with Gasteiger partial charge in [-0.25, -0.2) is 4.98 Å². The van der Waals surface area contributed by atoms with Gasteiger partial charge in [0.1, 0.15) is 5.75 Å². The van der Waals surface area contributed by atoms with Crippen molar-refractivity contribution in [1.29, 1.82) is 0 Å². The SMILES string of the molecule is CC(C)COc1ccc(CCN=C(N)N2CCN(c3nccs3)CC2)cc1. The van der Waals surface area contributed by atoms with Crippen LogP contribution in [0.3, 0.4) is 0 Å². The van der Waals surface area contributed by atoms with Gasteiger partial charge in [0.25, 0.3) is 0 Å². The molecule has 0 atom stereocenters. The Labute approximate surface area is 165 Å². The largest absolute Gasteiger partial charge is 0.493 e. The molecule has 0 aliphatic carbocycles. The molecule has 0 spiro atoms. The average molecular weight is 388 g/mol. The number of aliphatic imine (C=N–C) groups is 1. The number of hydrogen-bond donors (Lipinski definition) is 1. The lowest BCUT2D eigenvalue weighted by atomic mass is 10.1. The fraction of sp³-hybridized carbons (Fsp3) is 0.500. The Morgan fingerprint density at radius 2 is 1.96 bits per heavy atom. The summed E-state index contributed by atoms with van der Waals surface area (Å²) in [6.45, 7) is 9.38. The maximum absolute atomic E-state index is 6.19. The Balaban J connectivity index is 1.41. The van der Waals surface area contributed by atoms with E-state index in [4.69, 9.17) is 10.5 Å². The standard InChI is InChI=1S/C20H29N5OS/c1-16(2)15-26-18-5-3-17(4-6-18)7-8-22-19(21)24-10-12-25(13-11-24)20-23-9-14-27-20/h3-6,9,14,16H,7-8,10-13,15H2,1-2H3,(H2,21,22). The second kappa shape index (κ2) is 9.60. The van der Waals surface area contributed by atoms with Crippen LogP contribution in [0.25, 0.3) is 0 Å². The van der Waals surface area contributed by atoms with Crippen LogP contribution < -0.4 is 15.4 Å². The Morgan fingerprint density at radius 3 is 2.59 bits per heavy atom. The van der Waals surface area contributed by atoms with E-state index in [1.807, 2.05) is 23.7 Å². The first-order valence-electron chi connectivity index (χ1n) is 9.53. The van der Waals surface area contributed by atoms with E-state index in [1.165, 1.54) is 5.56 Å². The zero-order valence-electron chi connectivity index (χ0n) is 16.2. The molecule has 27 heavy (non-hydrogen) atoms. The first-order chi connectivity index (χ1) is 13.1. The minimum Gasteiger partial charge on any atom is -0.493 e. The summed E-state index contributed by atoms with van der Waals surface area (Å²) in [4.78, 5) is 13.4.